The van der Waals surface area contributed by atoms with Gasteiger partial charge in [-0.2, -0.15) is 0 Å². The summed E-state index contributed by atoms with van der Waals surface area (Å²) in [4.78, 5) is 24.0. The smallest absolute Gasteiger partial charge is 0.278 e. The molecule has 0 saturated carbocycles. The van der Waals surface area contributed by atoms with E-state index in [1.807, 2.05) is 55.5 Å². The zero-order valence-electron chi connectivity index (χ0n) is 17.0. The van der Waals surface area contributed by atoms with Gasteiger partial charge >= 0.3 is 0 Å². The molecule has 3 aromatic rings. The number of aromatic nitrogens is 2. The summed E-state index contributed by atoms with van der Waals surface area (Å²) >= 11 is 0. The number of nitrogens with two attached hydrogens (primary N) is 2. The Morgan fingerprint density at radius 3 is 2.57 bits per heavy atom. The molecular formula is C23H26N6O. The Morgan fingerprint density at radius 2 is 1.80 bits per heavy atom. The Balaban J connectivity index is 1.61. The van der Waals surface area contributed by atoms with Crippen LogP contribution in [0.2, 0.25) is 0 Å². The molecule has 2 aromatic carbocycles. The Labute approximate surface area is 176 Å². The zero-order chi connectivity index (χ0) is 21.1. The zero-order valence-corrected chi connectivity index (χ0v) is 17.0. The standard InChI is InChI=1S/C23H26N6O/c1-15-6-2-3-7-17(15)19-14-26-22(25)21(27-19)23(30)28-18-8-4-5-9-20(18)29-12-10-16(24)11-13-29/h2-9,14,16H,10-13,24H2,1H3,(H2,25,26)(H,28,30). The van der Waals surface area contributed by atoms with E-state index in [-0.39, 0.29) is 23.5 Å². The lowest BCUT2D eigenvalue weighted by atomic mass is 10.0. The highest BCUT2D eigenvalue weighted by Crippen LogP contribution is 2.29. The fourth-order valence-electron chi connectivity index (χ4n) is 3.73. The Kier molecular flexibility index (Phi) is 5.63. The number of para-hydroxylation sites is 2. The normalized spacial score (nSPS) is 14.5. The van der Waals surface area contributed by atoms with E-state index in [4.69, 9.17) is 11.5 Å². The van der Waals surface area contributed by atoms with Gasteiger partial charge in [-0.05, 0) is 37.5 Å². The minimum Gasteiger partial charge on any atom is -0.382 e. The number of hydrogen-bond acceptors (Lipinski definition) is 6. The lowest BCUT2D eigenvalue weighted by Crippen LogP contribution is -2.40. The number of hydrogen-bond donors (Lipinski definition) is 3. The van der Waals surface area contributed by atoms with Crippen molar-refractivity contribution in [2.24, 2.45) is 5.73 Å². The molecule has 7 nitrogen and oxygen atoms in total. The summed E-state index contributed by atoms with van der Waals surface area (Å²) in [5.41, 5.74) is 16.4. The molecule has 1 amide bonds. The second-order valence-electron chi connectivity index (χ2n) is 7.60. The van der Waals surface area contributed by atoms with Gasteiger partial charge in [0.25, 0.3) is 5.91 Å². The van der Waals surface area contributed by atoms with Gasteiger partial charge in [-0.3, -0.25) is 4.79 Å². The van der Waals surface area contributed by atoms with Crippen LogP contribution in [0.4, 0.5) is 17.2 Å². The van der Waals surface area contributed by atoms with Crippen LogP contribution in [0.3, 0.4) is 0 Å². The highest BCUT2D eigenvalue weighted by molar-refractivity contribution is 6.07. The van der Waals surface area contributed by atoms with Crippen LogP contribution >= 0.6 is 0 Å². The second kappa shape index (κ2) is 8.51. The number of rotatable bonds is 4. The van der Waals surface area contributed by atoms with Crippen LogP contribution < -0.4 is 21.7 Å². The predicted molar refractivity (Wildman–Crippen MR) is 120 cm³/mol. The molecule has 4 rings (SSSR count). The summed E-state index contributed by atoms with van der Waals surface area (Å²) in [6.07, 6.45) is 3.46. The lowest BCUT2D eigenvalue weighted by Gasteiger charge is -2.33. The molecule has 5 N–H and O–H groups in total. The topological polar surface area (TPSA) is 110 Å². The molecule has 0 bridgehead atoms. The molecule has 0 radical (unpaired) electrons. The highest BCUT2D eigenvalue weighted by atomic mass is 16.1. The maximum absolute atomic E-state index is 13.1. The SMILES string of the molecule is Cc1ccccc1-c1cnc(N)c(C(=O)Nc2ccccc2N2CCC(N)CC2)n1. The highest BCUT2D eigenvalue weighted by Gasteiger charge is 2.21. The van der Waals surface area contributed by atoms with E-state index in [2.05, 4.69) is 20.2 Å². The summed E-state index contributed by atoms with van der Waals surface area (Å²) in [6, 6.07) is 15.8. The third kappa shape index (κ3) is 4.11. The van der Waals surface area contributed by atoms with E-state index in [1.165, 1.54) is 0 Å². The van der Waals surface area contributed by atoms with Crippen molar-refractivity contribution >= 4 is 23.1 Å². The van der Waals surface area contributed by atoms with Gasteiger partial charge in [-0.1, -0.05) is 36.4 Å². The molecule has 154 valence electrons. The Hall–Kier alpha value is -3.45. The molecule has 2 heterocycles. The Morgan fingerprint density at radius 1 is 1.10 bits per heavy atom. The van der Waals surface area contributed by atoms with Crippen LogP contribution in [0.1, 0.15) is 28.9 Å². The van der Waals surface area contributed by atoms with E-state index in [0.717, 1.165) is 48.4 Å². The molecule has 1 aliphatic heterocycles. The number of carbonyl (C=O) groups is 1. The third-order valence-corrected chi connectivity index (χ3v) is 5.47. The molecular weight excluding hydrogens is 376 g/mol. The fraction of sp³-hybridized carbons (Fsp3) is 0.261. The molecule has 1 aromatic heterocycles. The Bertz CT molecular complexity index is 1060. The van der Waals surface area contributed by atoms with Gasteiger partial charge in [0.15, 0.2) is 11.5 Å². The number of nitrogens with zero attached hydrogens (tertiary/aromatic N) is 3. The van der Waals surface area contributed by atoms with Crippen molar-refractivity contribution in [2.45, 2.75) is 25.8 Å². The third-order valence-electron chi connectivity index (χ3n) is 5.47. The van der Waals surface area contributed by atoms with Gasteiger partial charge < -0.3 is 21.7 Å². The van der Waals surface area contributed by atoms with Gasteiger partial charge in [-0.25, -0.2) is 9.97 Å². The largest absolute Gasteiger partial charge is 0.382 e. The first-order valence-corrected chi connectivity index (χ1v) is 10.1. The first kappa shape index (κ1) is 19.8. The van der Waals surface area contributed by atoms with Crippen molar-refractivity contribution in [2.75, 3.05) is 29.0 Å². The number of carbonyl (C=O) groups excluding carboxylic acids is 1. The molecule has 1 aliphatic rings. The number of nitrogen functional groups attached to an aromatic ring is 1. The quantitative estimate of drug-likeness (QED) is 0.618. The molecule has 0 aliphatic carbocycles. The molecule has 30 heavy (non-hydrogen) atoms. The van der Waals surface area contributed by atoms with Crippen LogP contribution in [-0.4, -0.2) is 35.0 Å². The molecule has 0 atom stereocenters. The van der Waals surface area contributed by atoms with Gasteiger partial charge in [0.1, 0.15) is 0 Å². The minimum absolute atomic E-state index is 0.103. The molecule has 7 heteroatoms. The summed E-state index contributed by atoms with van der Waals surface area (Å²) < 4.78 is 0. The van der Waals surface area contributed by atoms with E-state index in [9.17, 15) is 4.79 Å². The average molecular weight is 403 g/mol. The van der Waals surface area contributed by atoms with Crippen LogP contribution in [-0.2, 0) is 0 Å². The summed E-state index contributed by atoms with van der Waals surface area (Å²) in [6.45, 7) is 3.71. The maximum Gasteiger partial charge on any atom is 0.278 e. The molecule has 0 unspecified atom stereocenters. The van der Waals surface area contributed by atoms with Crippen molar-refractivity contribution in [1.29, 1.82) is 0 Å². The summed E-state index contributed by atoms with van der Waals surface area (Å²) in [5, 5.41) is 2.98. The van der Waals surface area contributed by atoms with Gasteiger partial charge in [0.05, 0.1) is 23.3 Å². The van der Waals surface area contributed by atoms with Gasteiger partial charge in [0.2, 0.25) is 0 Å². The van der Waals surface area contributed by atoms with Crippen LogP contribution in [0, 0.1) is 6.92 Å². The van der Waals surface area contributed by atoms with Crippen LogP contribution in [0.5, 0.6) is 0 Å². The van der Waals surface area contributed by atoms with Crippen molar-refractivity contribution in [3.05, 3.63) is 66.0 Å². The van der Waals surface area contributed by atoms with Gasteiger partial charge in [0, 0.05) is 24.7 Å². The lowest BCUT2D eigenvalue weighted by molar-refractivity contribution is 0.102. The van der Waals surface area contributed by atoms with Crippen molar-refractivity contribution < 1.29 is 4.79 Å². The second-order valence-corrected chi connectivity index (χ2v) is 7.60. The number of nitrogens with one attached hydrogen (secondary N) is 1. The number of benzene rings is 2. The number of aryl methyl sites for hydroxylation is 1. The first-order chi connectivity index (χ1) is 14.5. The van der Waals surface area contributed by atoms with Crippen molar-refractivity contribution in [3.63, 3.8) is 0 Å². The minimum atomic E-state index is -0.378. The number of piperidine rings is 1. The molecule has 0 spiro atoms. The number of amides is 1. The predicted octanol–water partition coefficient (Wildman–Crippen LogP) is 3.21. The van der Waals surface area contributed by atoms with E-state index >= 15 is 0 Å². The monoisotopic (exact) mass is 402 g/mol. The summed E-state index contributed by atoms with van der Waals surface area (Å²) in [5.74, 6) is -0.275. The van der Waals surface area contributed by atoms with Crippen LogP contribution in [0.25, 0.3) is 11.3 Å². The van der Waals surface area contributed by atoms with Crippen molar-refractivity contribution in [1.82, 2.24) is 9.97 Å². The van der Waals surface area contributed by atoms with Crippen molar-refractivity contribution in [3.8, 4) is 11.3 Å². The molecule has 1 fully saturated rings. The van der Waals surface area contributed by atoms with E-state index in [1.54, 1.807) is 6.20 Å². The van der Waals surface area contributed by atoms with E-state index < -0.39 is 0 Å². The average Bonchev–Trinajstić information content (AvgIpc) is 2.76. The first-order valence-electron chi connectivity index (χ1n) is 10.1. The van der Waals surface area contributed by atoms with Crippen LogP contribution in [0.15, 0.2) is 54.7 Å². The summed E-state index contributed by atoms with van der Waals surface area (Å²) in [7, 11) is 0. The maximum atomic E-state index is 13.1. The number of anilines is 3. The van der Waals surface area contributed by atoms with Gasteiger partial charge in [-0.15, -0.1) is 0 Å². The fourth-order valence-corrected chi connectivity index (χ4v) is 3.73. The van der Waals surface area contributed by atoms with E-state index in [0.29, 0.717) is 5.69 Å². The molecule has 1 saturated heterocycles.